The number of hydrogen-bond donors (Lipinski definition) is 2. The van der Waals surface area contributed by atoms with Crippen molar-refractivity contribution in [1.29, 1.82) is 0 Å². The van der Waals surface area contributed by atoms with Gasteiger partial charge >= 0.3 is 0 Å². The van der Waals surface area contributed by atoms with E-state index in [-0.39, 0.29) is 5.91 Å². The van der Waals surface area contributed by atoms with Crippen molar-refractivity contribution < 1.29 is 4.79 Å². The summed E-state index contributed by atoms with van der Waals surface area (Å²) in [6.45, 7) is 3.63. The lowest BCUT2D eigenvalue weighted by atomic mass is 10.3. The molecule has 1 saturated carbocycles. The number of rotatable bonds is 7. The van der Waals surface area contributed by atoms with Crippen LogP contribution in [0.2, 0.25) is 0 Å². The van der Waals surface area contributed by atoms with E-state index in [1.165, 1.54) is 0 Å². The number of carbonyl (C=O) groups is 1. The summed E-state index contributed by atoms with van der Waals surface area (Å²) >= 11 is 5.51. The minimum atomic E-state index is 0.184. The molecule has 15 heavy (non-hydrogen) atoms. The molecule has 2 N–H and O–H groups in total. The summed E-state index contributed by atoms with van der Waals surface area (Å²) < 4.78 is 0. The Labute approximate surface area is 96.3 Å². The van der Waals surface area contributed by atoms with Gasteiger partial charge in [0.1, 0.15) is 0 Å². The highest BCUT2D eigenvalue weighted by molar-refractivity contribution is 6.25. The Balaban J connectivity index is 1.89. The standard InChI is InChI=1S/C11H19ClN2O/c1-9(7-12)8-13-6-2-3-11(15)14-10-4-5-10/h7,10,13H,2-6,8H2,1H3,(H,14,15). The first kappa shape index (κ1) is 12.5. The zero-order valence-corrected chi connectivity index (χ0v) is 9.94. The Bertz CT molecular complexity index is 237. The van der Waals surface area contributed by atoms with Crippen molar-refractivity contribution >= 4 is 17.5 Å². The van der Waals surface area contributed by atoms with Gasteiger partial charge in [0, 0.05) is 24.5 Å². The van der Waals surface area contributed by atoms with Gasteiger partial charge in [0.15, 0.2) is 0 Å². The number of hydrogen-bond acceptors (Lipinski definition) is 2. The van der Waals surface area contributed by atoms with Gasteiger partial charge in [0.25, 0.3) is 0 Å². The van der Waals surface area contributed by atoms with Crippen molar-refractivity contribution in [2.24, 2.45) is 0 Å². The summed E-state index contributed by atoms with van der Waals surface area (Å²) in [5, 5.41) is 6.19. The van der Waals surface area contributed by atoms with Gasteiger partial charge in [-0.05, 0) is 38.3 Å². The highest BCUT2D eigenvalue weighted by Crippen LogP contribution is 2.18. The third kappa shape index (κ3) is 6.52. The normalized spacial score (nSPS) is 16.5. The Morgan fingerprint density at radius 2 is 2.27 bits per heavy atom. The Morgan fingerprint density at radius 1 is 1.53 bits per heavy atom. The van der Waals surface area contributed by atoms with Gasteiger partial charge in [-0.15, -0.1) is 0 Å². The number of halogens is 1. The van der Waals surface area contributed by atoms with E-state index in [1.807, 2.05) is 6.92 Å². The van der Waals surface area contributed by atoms with Crippen molar-refractivity contribution in [2.75, 3.05) is 13.1 Å². The van der Waals surface area contributed by atoms with E-state index in [9.17, 15) is 4.79 Å². The first-order valence-electron chi connectivity index (χ1n) is 5.48. The molecule has 1 aliphatic carbocycles. The van der Waals surface area contributed by atoms with Crippen LogP contribution in [-0.2, 0) is 4.79 Å². The molecule has 1 amide bonds. The molecule has 86 valence electrons. The summed E-state index contributed by atoms with van der Waals surface area (Å²) in [5.41, 5.74) is 2.69. The molecule has 0 atom stereocenters. The summed E-state index contributed by atoms with van der Waals surface area (Å²) in [4.78, 5) is 11.3. The smallest absolute Gasteiger partial charge is 0.220 e. The largest absolute Gasteiger partial charge is 0.353 e. The highest BCUT2D eigenvalue weighted by Gasteiger charge is 2.22. The molecule has 0 bridgehead atoms. The molecule has 4 heteroatoms. The highest BCUT2D eigenvalue weighted by atomic mass is 35.5. The molecule has 3 nitrogen and oxygen atoms in total. The zero-order valence-electron chi connectivity index (χ0n) is 9.18. The first-order valence-corrected chi connectivity index (χ1v) is 5.92. The van der Waals surface area contributed by atoms with Crippen LogP contribution in [0.3, 0.4) is 0 Å². The second-order valence-electron chi connectivity index (χ2n) is 4.08. The number of amides is 1. The predicted octanol–water partition coefficient (Wildman–Crippen LogP) is 1.78. The van der Waals surface area contributed by atoms with Gasteiger partial charge in [-0.1, -0.05) is 11.6 Å². The predicted molar refractivity (Wildman–Crippen MR) is 62.9 cm³/mol. The Hall–Kier alpha value is -0.540. The number of nitrogens with one attached hydrogen (secondary N) is 2. The lowest BCUT2D eigenvalue weighted by Crippen LogP contribution is -2.26. The Kier molecular flexibility index (Phi) is 5.73. The van der Waals surface area contributed by atoms with Crippen molar-refractivity contribution in [3.63, 3.8) is 0 Å². The molecule has 0 radical (unpaired) electrons. The number of carbonyl (C=O) groups excluding carboxylic acids is 1. The minimum Gasteiger partial charge on any atom is -0.353 e. The van der Waals surface area contributed by atoms with Gasteiger partial charge in [-0.2, -0.15) is 0 Å². The van der Waals surface area contributed by atoms with Crippen LogP contribution in [0.4, 0.5) is 0 Å². The van der Waals surface area contributed by atoms with Crippen LogP contribution in [0.1, 0.15) is 32.6 Å². The second kappa shape index (κ2) is 6.85. The third-order valence-electron chi connectivity index (χ3n) is 2.29. The monoisotopic (exact) mass is 230 g/mol. The first-order chi connectivity index (χ1) is 7.22. The van der Waals surface area contributed by atoms with E-state index >= 15 is 0 Å². The summed E-state index contributed by atoms with van der Waals surface area (Å²) in [5.74, 6) is 0.184. The molecule has 1 rings (SSSR count). The molecule has 0 unspecified atom stereocenters. The molecular formula is C11H19ClN2O. The molecule has 1 aliphatic rings. The van der Waals surface area contributed by atoms with Gasteiger partial charge in [0.2, 0.25) is 5.91 Å². The maximum absolute atomic E-state index is 11.3. The van der Waals surface area contributed by atoms with Crippen LogP contribution in [0, 0.1) is 0 Å². The maximum atomic E-state index is 11.3. The fraction of sp³-hybridized carbons (Fsp3) is 0.727. The van der Waals surface area contributed by atoms with Gasteiger partial charge in [0.05, 0.1) is 0 Å². The summed E-state index contributed by atoms with van der Waals surface area (Å²) in [6, 6.07) is 0.479. The molecule has 0 saturated heterocycles. The quantitative estimate of drug-likeness (QED) is 0.655. The van der Waals surface area contributed by atoms with Crippen LogP contribution in [-0.4, -0.2) is 25.0 Å². The van der Waals surface area contributed by atoms with Crippen LogP contribution in [0.25, 0.3) is 0 Å². The average Bonchev–Trinajstić information content (AvgIpc) is 3.00. The molecule has 0 aromatic rings. The van der Waals surface area contributed by atoms with E-state index in [4.69, 9.17) is 11.6 Å². The van der Waals surface area contributed by atoms with E-state index in [0.717, 1.165) is 37.9 Å². The van der Waals surface area contributed by atoms with Crippen LogP contribution in [0.15, 0.2) is 11.1 Å². The fourth-order valence-electron chi connectivity index (χ4n) is 1.23. The molecule has 1 fully saturated rings. The summed E-state index contributed by atoms with van der Waals surface area (Å²) in [6.07, 6.45) is 3.81. The lowest BCUT2D eigenvalue weighted by molar-refractivity contribution is -0.121. The fourth-order valence-corrected chi connectivity index (χ4v) is 1.30. The SMILES string of the molecule is CC(=CCl)CNCCCC(=O)NC1CC1. The Morgan fingerprint density at radius 3 is 2.87 bits per heavy atom. The van der Waals surface area contributed by atoms with Gasteiger partial charge in [-0.3, -0.25) is 4.79 Å². The molecule has 0 heterocycles. The lowest BCUT2D eigenvalue weighted by Gasteiger charge is -2.05. The van der Waals surface area contributed by atoms with Crippen LogP contribution in [0.5, 0.6) is 0 Å². The molecular weight excluding hydrogens is 212 g/mol. The topological polar surface area (TPSA) is 41.1 Å². The second-order valence-corrected chi connectivity index (χ2v) is 4.30. The molecule has 0 spiro atoms. The maximum Gasteiger partial charge on any atom is 0.220 e. The molecule has 0 aromatic heterocycles. The third-order valence-corrected chi connectivity index (χ3v) is 2.66. The minimum absolute atomic E-state index is 0.184. The van der Waals surface area contributed by atoms with Crippen molar-refractivity contribution in [3.05, 3.63) is 11.1 Å². The molecule has 0 aliphatic heterocycles. The van der Waals surface area contributed by atoms with Gasteiger partial charge in [-0.25, -0.2) is 0 Å². The zero-order chi connectivity index (χ0) is 11.1. The van der Waals surface area contributed by atoms with Gasteiger partial charge < -0.3 is 10.6 Å². The van der Waals surface area contributed by atoms with E-state index in [0.29, 0.717) is 12.5 Å². The van der Waals surface area contributed by atoms with E-state index < -0.39 is 0 Å². The van der Waals surface area contributed by atoms with Crippen LogP contribution >= 0.6 is 11.6 Å². The average molecular weight is 231 g/mol. The van der Waals surface area contributed by atoms with E-state index in [2.05, 4.69) is 10.6 Å². The molecule has 0 aromatic carbocycles. The van der Waals surface area contributed by atoms with E-state index in [1.54, 1.807) is 5.54 Å². The van der Waals surface area contributed by atoms with Crippen molar-refractivity contribution in [2.45, 2.75) is 38.6 Å². The van der Waals surface area contributed by atoms with Crippen LogP contribution < -0.4 is 10.6 Å². The van der Waals surface area contributed by atoms with Crippen molar-refractivity contribution in [1.82, 2.24) is 10.6 Å². The summed E-state index contributed by atoms with van der Waals surface area (Å²) in [7, 11) is 0. The van der Waals surface area contributed by atoms with Crippen molar-refractivity contribution in [3.8, 4) is 0 Å².